The Balaban J connectivity index is 1.47. The molecule has 1 radical (unpaired) electrons. The van der Waals surface area contributed by atoms with Crippen molar-refractivity contribution in [3.8, 4) is 11.5 Å². The summed E-state index contributed by atoms with van der Waals surface area (Å²) < 4.78 is 26.6. The average Bonchev–Trinajstić information content (AvgIpc) is 3.50. The van der Waals surface area contributed by atoms with Crippen LogP contribution < -0.4 is 35.5 Å². The molecular weight excluding hydrogens is 755 g/mol. The van der Waals surface area contributed by atoms with Gasteiger partial charge in [0.2, 0.25) is 5.91 Å². The van der Waals surface area contributed by atoms with Crippen LogP contribution in [0, 0.1) is 17.3 Å². The highest BCUT2D eigenvalue weighted by Crippen LogP contribution is 2.55. The molecular formula is C49H60NO6Si2. The number of hydrogen-bond donors (Lipinski definition) is 2. The molecule has 0 aliphatic heterocycles. The summed E-state index contributed by atoms with van der Waals surface area (Å²) in [7, 11) is -1.76. The largest absolute Gasteiger partial charge is 0.497 e. The minimum atomic E-state index is -3.22. The third kappa shape index (κ3) is 9.19. The fraction of sp³-hybridized carbons (Fsp3) is 0.367. The number of ether oxygens (including phenoxy) is 2. The number of nitrogens with one attached hydrogen (secondary N) is 1. The van der Waals surface area contributed by atoms with Crippen molar-refractivity contribution in [2.45, 2.75) is 77.7 Å². The molecule has 7 nitrogen and oxygen atoms in total. The van der Waals surface area contributed by atoms with Gasteiger partial charge in [-0.25, -0.2) is 0 Å². The Morgan fingerprint density at radius 2 is 1.28 bits per heavy atom. The summed E-state index contributed by atoms with van der Waals surface area (Å²) in [6.07, 6.45) is -0.373. The zero-order valence-electron chi connectivity index (χ0n) is 35.3. The van der Waals surface area contributed by atoms with Crippen molar-refractivity contribution in [2.24, 2.45) is 17.3 Å². The molecule has 1 amide bonds. The Kier molecular flexibility index (Phi) is 13.5. The summed E-state index contributed by atoms with van der Waals surface area (Å²) in [4.78, 5) is 14.1. The maximum absolute atomic E-state index is 14.1. The molecule has 1 aliphatic carbocycles. The summed E-state index contributed by atoms with van der Waals surface area (Å²) in [5, 5.41) is 19.8. The maximum atomic E-state index is 14.1. The number of aliphatic hydroxyl groups excluding tert-OH is 1. The molecule has 4 atom stereocenters. The quantitative estimate of drug-likeness (QED) is 0.112. The number of amides is 1. The summed E-state index contributed by atoms with van der Waals surface area (Å²) in [5.74, 6) is 0.489. The first-order valence-corrected chi connectivity index (χ1v) is 23.6. The van der Waals surface area contributed by atoms with Gasteiger partial charge in [-0.15, -0.1) is 0 Å². The molecule has 0 aromatic heterocycles. The lowest BCUT2D eigenvalue weighted by Crippen LogP contribution is -2.71. The molecule has 4 unspecified atom stereocenters. The third-order valence-corrected chi connectivity index (χ3v) is 18.9. The molecule has 58 heavy (non-hydrogen) atoms. The van der Waals surface area contributed by atoms with Gasteiger partial charge in [0.05, 0.1) is 32.5 Å². The van der Waals surface area contributed by atoms with Gasteiger partial charge >= 0.3 is 0 Å². The molecule has 9 heteroatoms. The van der Waals surface area contributed by atoms with Crippen LogP contribution in [0.2, 0.25) is 5.04 Å². The number of carbonyl (C=O) groups is 1. The predicted molar refractivity (Wildman–Crippen MR) is 238 cm³/mol. The van der Waals surface area contributed by atoms with Gasteiger partial charge in [-0.3, -0.25) is 4.79 Å². The molecule has 0 spiro atoms. The highest BCUT2D eigenvalue weighted by molar-refractivity contribution is 6.99. The monoisotopic (exact) mass is 814 g/mol. The smallest absolute Gasteiger partial charge is 0.283 e. The molecule has 1 aliphatic rings. The molecule has 5 aromatic rings. The van der Waals surface area contributed by atoms with Crippen LogP contribution in [0.4, 0.5) is 0 Å². The second-order valence-electron chi connectivity index (χ2n) is 17.6. The zero-order chi connectivity index (χ0) is 41.6. The van der Waals surface area contributed by atoms with E-state index in [1.165, 1.54) is 0 Å². The number of rotatable bonds is 15. The molecule has 6 rings (SSSR count). The van der Waals surface area contributed by atoms with Crippen LogP contribution >= 0.6 is 0 Å². The molecule has 0 bridgehead atoms. The maximum Gasteiger partial charge on any atom is 0.283 e. The zero-order valence-corrected chi connectivity index (χ0v) is 37.3. The third-order valence-electron chi connectivity index (χ3n) is 11.7. The van der Waals surface area contributed by atoms with Crippen molar-refractivity contribution < 1.29 is 28.2 Å². The lowest BCUT2D eigenvalue weighted by molar-refractivity contribution is -0.124. The summed E-state index contributed by atoms with van der Waals surface area (Å²) in [6, 6.07) is 47.8. The molecule has 1 saturated carbocycles. The second-order valence-corrected chi connectivity index (χ2v) is 23.9. The van der Waals surface area contributed by atoms with Crippen LogP contribution in [0.5, 0.6) is 11.5 Å². The summed E-state index contributed by atoms with van der Waals surface area (Å²) in [5.41, 5.74) is -0.541. The highest BCUT2D eigenvalue weighted by atomic mass is 28.4. The number of aliphatic hydroxyl groups is 1. The molecule has 2 N–H and O–H groups in total. The van der Waals surface area contributed by atoms with Gasteiger partial charge in [0.1, 0.15) is 11.5 Å². The first-order chi connectivity index (χ1) is 27.7. The van der Waals surface area contributed by atoms with Crippen LogP contribution in [-0.4, -0.2) is 60.9 Å². The normalized spacial score (nSPS) is 19.9. The van der Waals surface area contributed by atoms with Crippen LogP contribution in [0.1, 0.15) is 59.9 Å². The standard InChI is InChI=1S/C49H60NO6Si2/c1-47(2,3)46-42(32-45(52)50-34-36-29-30-37(53-7)31-44(36)54-8)43(51)33-49(46,35-55-57(38-21-13-9-14-22-38)39-23-15-10-16-24-39)56-58(48(4,5)6,40-25-17-11-18-26-40)41-27-19-12-20-28-41/h9-31,42-43,46,51H,32-35H2,1-8H3,(H,50,52). The Labute approximate surface area is 348 Å². The van der Waals surface area contributed by atoms with Crippen molar-refractivity contribution in [2.75, 3.05) is 20.8 Å². The van der Waals surface area contributed by atoms with Crippen molar-refractivity contribution in [1.29, 1.82) is 0 Å². The van der Waals surface area contributed by atoms with E-state index in [1.54, 1.807) is 14.2 Å². The van der Waals surface area contributed by atoms with E-state index in [1.807, 2.05) is 30.3 Å². The number of hydrogen-bond acceptors (Lipinski definition) is 6. The van der Waals surface area contributed by atoms with Gasteiger partial charge in [-0.1, -0.05) is 163 Å². The fourth-order valence-corrected chi connectivity index (χ4v) is 16.2. The van der Waals surface area contributed by atoms with E-state index in [0.717, 1.165) is 26.3 Å². The van der Waals surface area contributed by atoms with Crippen molar-refractivity contribution in [1.82, 2.24) is 5.32 Å². The molecule has 0 saturated heterocycles. The SMILES string of the molecule is COc1ccc(CNC(=O)CC2C(O)CC(CO[Si](c3ccccc3)c3ccccc3)(O[Si](c3ccccc3)(c3ccccc3)C(C)(C)C)C2C(C)(C)C)c(OC)c1. The van der Waals surface area contributed by atoms with E-state index in [4.69, 9.17) is 18.3 Å². The second kappa shape index (κ2) is 18.2. The Bertz CT molecular complexity index is 1990. The summed E-state index contributed by atoms with van der Waals surface area (Å²) >= 11 is 0. The van der Waals surface area contributed by atoms with E-state index in [2.05, 4.69) is 156 Å². The Morgan fingerprint density at radius 1 is 0.759 bits per heavy atom. The van der Waals surface area contributed by atoms with E-state index in [9.17, 15) is 9.90 Å². The first kappa shape index (κ1) is 43.1. The van der Waals surface area contributed by atoms with Gasteiger partial charge < -0.3 is 28.7 Å². The van der Waals surface area contributed by atoms with E-state index >= 15 is 0 Å². The molecule has 1 fully saturated rings. The minimum Gasteiger partial charge on any atom is -0.497 e. The van der Waals surface area contributed by atoms with Gasteiger partial charge in [0.15, 0.2) is 0 Å². The lowest BCUT2D eigenvalue weighted by Gasteiger charge is -2.53. The number of carbonyl (C=O) groups excluding carboxylic acids is 1. The van der Waals surface area contributed by atoms with Crippen LogP contribution in [-0.2, 0) is 20.2 Å². The number of benzene rings is 5. The predicted octanol–water partition coefficient (Wildman–Crippen LogP) is 6.89. The first-order valence-electron chi connectivity index (χ1n) is 20.3. The topological polar surface area (TPSA) is 86.3 Å². The van der Waals surface area contributed by atoms with E-state index in [-0.39, 0.29) is 36.4 Å². The van der Waals surface area contributed by atoms with Crippen molar-refractivity contribution >= 4 is 44.0 Å². The van der Waals surface area contributed by atoms with E-state index < -0.39 is 40.4 Å². The highest BCUT2D eigenvalue weighted by Gasteiger charge is 2.64. The lowest BCUT2D eigenvalue weighted by atomic mass is 9.68. The molecule has 5 aromatic carbocycles. The molecule has 0 heterocycles. The number of methoxy groups -OCH3 is 2. The van der Waals surface area contributed by atoms with E-state index in [0.29, 0.717) is 17.9 Å². The Hall–Kier alpha value is -4.52. The van der Waals surface area contributed by atoms with Gasteiger partial charge in [-0.05, 0) is 55.2 Å². The van der Waals surface area contributed by atoms with Crippen LogP contribution in [0.25, 0.3) is 0 Å². The Morgan fingerprint density at radius 3 is 1.74 bits per heavy atom. The van der Waals surface area contributed by atoms with Crippen LogP contribution in [0.15, 0.2) is 140 Å². The van der Waals surface area contributed by atoms with Crippen LogP contribution in [0.3, 0.4) is 0 Å². The van der Waals surface area contributed by atoms with Gasteiger partial charge in [0.25, 0.3) is 17.4 Å². The van der Waals surface area contributed by atoms with Crippen molar-refractivity contribution in [3.63, 3.8) is 0 Å². The van der Waals surface area contributed by atoms with Gasteiger partial charge in [0, 0.05) is 31.0 Å². The summed E-state index contributed by atoms with van der Waals surface area (Å²) in [6.45, 7) is 14.0. The minimum absolute atomic E-state index is 0.128. The van der Waals surface area contributed by atoms with Gasteiger partial charge in [-0.2, -0.15) is 0 Å². The fourth-order valence-electron chi connectivity index (χ4n) is 9.35. The molecule has 305 valence electrons. The van der Waals surface area contributed by atoms with Crippen molar-refractivity contribution in [3.05, 3.63) is 145 Å². The average molecular weight is 815 g/mol.